The zero-order valence-corrected chi connectivity index (χ0v) is 52.0. The number of allylic oxidation sites excluding steroid dienone is 4. The van der Waals surface area contributed by atoms with E-state index in [4.69, 9.17) is 38.4 Å². The molecule has 0 saturated heterocycles. The van der Waals surface area contributed by atoms with Gasteiger partial charge in [-0.3, -0.25) is 19.2 Å². The second kappa shape index (κ2) is 23.6. The number of hydrogen-bond donors (Lipinski definition) is 0. The highest BCUT2D eigenvalue weighted by molar-refractivity contribution is 7.17. The molecule has 96 heavy (non-hydrogen) atoms. The van der Waals surface area contributed by atoms with Crippen LogP contribution in [-0.4, -0.2) is 35.1 Å². The molecule has 0 N–H and O–H groups in total. The van der Waals surface area contributed by atoms with Crippen molar-refractivity contribution in [3.63, 3.8) is 0 Å². The number of fused-ring (bicyclic) bond motifs is 11. The number of nitrogens with zero attached hydrogens (tertiary/aromatic N) is 2. The number of benzene rings is 8. The van der Waals surface area contributed by atoms with E-state index in [2.05, 4.69) is 0 Å². The highest BCUT2D eigenvalue weighted by atomic mass is 32.1. The van der Waals surface area contributed by atoms with Crippen LogP contribution < -0.4 is 41.9 Å². The normalized spacial score (nSPS) is 16.2. The molecule has 16 nitrogen and oxygen atoms in total. The average molecular weight is 1300 g/mol. The molecule has 12 aromatic rings. The summed E-state index contributed by atoms with van der Waals surface area (Å²) >= 11 is 2.05. The summed E-state index contributed by atoms with van der Waals surface area (Å²) < 4.78 is 38.3. The molecule has 10 aromatic carbocycles. The smallest absolute Gasteiger partial charge is 0.367 e. The van der Waals surface area contributed by atoms with Crippen LogP contribution in [0.4, 0.5) is 10.0 Å². The molecule has 2 aromatic heterocycles. The van der Waals surface area contributed by atoms with Gasteiger partial charge in [0.1, 0.15) is 47.9 Å². The third kappa shape index (κ3) is 10.0. The average Bonchev–Trinajstić information content (AvgIpc) is 1.43. The molecule has 4 aliphatic rings. The van der Waals surface area contributed by atoms with E-state index in [0.29, 0.717) is 32.0 Å². The van der Waals surface area contributed by atoms with Crippen molar-refractivity contribution in [1.82, 2.24) is 0 Å². The van der Waals surface area contributed by atoms with Crippen LogP contribution in [0, 0.1) is 11.8 Å². The third-order valence-electron chi connectivity index (χ3n) is 17.7. The molecule has 0 fully saturated rings. The standard InChI is InChI=1S/C78H48N2O14S2/c81-67-53-29-47-25-13-14-26-48(47)30-54(53)68(82)65(67)79-63-37-61-71(95-63)57-33-52-36-60-58(34-51(52)35-59(57)77(93-61,73(85)89-39-43-17-5-1-6-18-43)74(86)90-40-44-19-7-2-8-20-44)72-62(38-64(96-72)80-66-69(83)55-31-49-27-15-16-28-50(49)32-56(55)70(66)84)94-78(60,75(87)91-41-45-21-9-3-10-22-45)76(88)92-42-46-23-11-4-12-24-46/h1-38,51-52H,39-42H2. The van der Waals surface area contributed by atoms with Gasteiger partial charge in [-0.25, -0.2) is 29.2 Å². The topological polar surface area (TPSA) is 217 Å². The number of rotatable bonds is 14. The van der Waals surface area contributed by atoms with Crippen molar-refractivity contribution in [1.29, 1.82) is 0 Å². The quantitative estimate of drug-likeness (QED) is 0.0562. The van der Waals surface area contributed by atoms with E-state index in [9.17, 15) is 19.2 Å². The minimum atomic E-state index is -2.72. The summed E-state index contributed by atoms with van der Waals surface area (Å²) in [4.78, 5) is 130. The van der Waals surface area contributed by atoms with Crippen molar-refractivity contribution < 1.29 is 47.6 Å². The van der Waals surface area contributed by atoms with Crippen molar-refractivity contribution in [2.24, 2.45) is 21.8 Å². The molecule has 4 heterocycles. The molecular formula is C78H48N2O14S2. The van der Waals surface area contributed by atoms with Gasteiger partial charge in [0, 0.05) is 67.8 Å². The Morgan fingerprint density at radius 1 is 0.365 bits per heavy atom. The Morgan fingerprint density at radius 3 is 0.917 bits per heavy atom. The van der Waals surface area contributed by atoms with Crippen LogP contribution in [0.5, 0.6) is 11.5 Å². The molecule has 0 spiro atoms. The Morgan fingerprint density at radius 2 is 0.635 bits per heavy atom. The van der Waals surface area contributed by atoms with Gasteiger partial charge in [0.05, 0.1) is 9.75 Å². The minimum absolute atomic E-state index is 0.00100. The van der Waals surface area contributed by atoms with Crippen molar-refractivity contribution in [3.05, 3.63) is 325 Å². The fraction of sp³-hybridized carbons (Fsp3) is 0.103. The molecule has 2 unspecified atom stereocenters. The van der Waals surface area contributed by atoms with Gasteiger partial charge in [0.2, 0.25) is 21.7 Å². The lowest BCUT2D eigenvalue weighted by Crippen LogP contribution is -2.58. The molecule has 16 rings (SSSR count). The lowest BCUT2D eigenvalue weighted by Gasteiger charge is -2.42. The summed E-state index contributed by atoms with van der Waals surface area (Å²) in [7, 11) is 0. The highest BCUT2D eigenvalue weighted by Crippen LogP contribution is 2.58. The van der Waals surface area contributed by atoms with E-state index in [1.807, 2.05) is 48.5 Å². The maximum Gasteiger partial charge on any atom is 0.367 e. The van der Waals surface area contributed by atoms with E-state index in [1.165, 1.54) is 12.1 Å². The van der Waals surface area contributed by atoms with E-state index < -0.39 is 68.6 Å². The van der Waals surface area contributed by atoms with Gasteiger partial charge in [-0.2, -0.15) is 0 Å². The van der Waals surface area contributed by atoms with Crippen molar-refractivity contribution in [2.75, 3.05) is 0 Å². The third-order valence-corrected chi connectivity index (χ3v) is 19.7. The summed E-state index contributed by atoms with van der Waals surface area (Å²) in [5.74, 6) is -6.39. The first-order valence-corrected chi connectivity index (χ1v) is 32.3. The molecule has 0 radical (unpaired) electrons. The first-order valence-electron chi connectivity index (χ1n) is 30.6. The predicted octanol–water partition coefficient (Wildman–Crippen LogP) is 11.9. The van der Waals surface area contributed by atoms with Gasteiger partial charge < -0.3 is 28.4 Å². The summed E-state index contributed by atoms with van der Waals surface area (Å²) in [6.45, 7) is -1.18. The predicted molar refractivity (Wildman–Crippen MR) is 363 cm³/mol. The van der Waals surface area contributed by atoms with E-state index in [1.54, 1.807) is 170 Å². The zero-order chi connectivity index (χ0) is 65.4. The molecular weight excluding hydrogens is 1250 g/mol. The first-order chi connectivity index (χ1) is 46.8. The second-order valence-corrected chi connectivity index (χ2v) is 25.6. The Hall–Kier alpha value is -11.9. The van der Waals surface area contributed by atoms with E-state index >= 15 is 19.2 Å². The van der Waals surface area contributed by atoms with Crippen LogP contribution in [0.3, 0.4) is 0 Å². The second-order valence-electron chi connectivity index (χ2n) is 23.6. The number of carbonyl (C=O) groups excluding carboxylic acids is 4. The summed E-state index contributed by atoms with van der Waals surface area (Å²) in [6.07, 6.45) is 6.89. The molecule has 18 heteroatoms. The lowest BCUT2D eigenvalue weighted by molar-refractivity contribution is -0.179. The fourth-order valence-electron chi connectivity index (χ4n) is 12.9. The SMILES string of the molecule is O=C(OCc1ccccc1)C1(C(=O)OCc2ccccc2)Oc2cc(N=c3c(=O)c4cc5ccccc5cc4c3=O)sc2C2=CC3C=C4C(=CC3C=C21)c1sc(N=c2c(=O)c3cc5ccccc5cc3c2=O)cc1OC4(C(=O)OCc1ccccc1)C(=O)OCc1ccccc1. The van der Waals surface area contributed by atoms with Crippen molar-refractivity contribution in [2.45, 2.75) is 37.6 Å². The van der Waals surface area contributed by atoms with Crippen molar-refractivity contribution >= 4 is 111 Å². The maximum absolute atomic E-state index is 15.6. The Bertz CT molecular complexity index is 5150. The molecule has 0 saturated carbocycles. The Balaban J connectivity index is 0.899. The maximum atomic E-state index is 15.6. The number of ether oxygens (including phenoxy) is 6. The Kier molecular flexibility index (Phi) is 14.6. The number of hydrogen-bond acceptors (Lipinski definition) is 18. The van der Waals surface area contributed by atoms with Gasteiger partial charge in [0.25, 0.3) is 0 Å². The van der Waals surface area contributed by atoms with Gasteiger partial charge in [-0.15, -0.1) is 22.7 Å². The Labute approximate surface area is 551 Å². The number of thiophene rings is 2. The highest BCUT2D eigenvalue weighted by Gasteiger charge is 2.63. The van der Waals surface area contributed by atoms with Crippen LogP contribution >= 0.6 is 22.7 Å². The van der Waals surface area contributed by atoms with Crippen molar-refractivity contribution in [3.8, 4) is 11.5 Å². The van der Waals surface area contributed by atoms with Gasteiger partial charge >= 0.3 is 35.1 Å². The molecule has 2 aliphatic heterocycles. The fourth-order valence-corrected chi connectivity index (χ4v) is 14.9. The monoisotopic (exact) mass is 1300 g/mol. The number of carbonyl (C=O) groups is 4. The molecule has 0 bridgehead atoms. The van der Waals surface area contributed by atoms with Gasteiger partial charge in [-0.05, 0) is 68.1 Å². The van der Waals surface area contributed by atoms with Crippen LogP contribution in [0.1, 0.15) is 32.0 Å². The van der Waals surface area contributed by atoms with Crippen LogP contribution in [-0.2, 0) is 64.6 Å². The molecule has 466 valence electrons. The van der Waals surface area contributed by atoms with Crippen LogP contribution in [0.2, 0.25) is 0 Å². The summed E-state index contributed by atoms with van der Waals surface area (Å²) in [6, 6.07) is 59.7. The summed E-state index contributed by atoms with van der Waals surface area (Å²) in [5, 5.41) is 3.28. The van der Waals surface area contributed by atoms with E-state index in [-0.39, 0.29) is 102 Å². The zero-order valence-electron chi connectivity index (χ0n) is 50.3. The molecule has 0 amide bonds. The first kappa shape index (κ1) is 59.2. The van der Waals surface area contributed by atoms with Gasteiger partial charge in [0.15, 0.2) is 10.7 Å². The number of esters is 4. The van der Waals surface area contributed by atoms with Gasteiger partial charge in [-0.1, -0.05) is 194 Å². The van der Waals surface area contributed by atoms with E-state index in [0.717, 1.165) is 44.2 Å². The van der Waals surface area contributed by atoms with Crippen LogP contribution in [0.15, 0.2) is 271 Å². The van der Waals surface area contributed by atoms with Crippen LogP contribution in [0.25, 0.3) is 54.2 Å². The largest absolute Gasteiger partial charge is 0.458 e. The minimum Gasteiger partial charge on any atom is -0.458 e. The molecule has 2 atom stereocenters. The lowest BCUT2D eigenvalue weighted by atomic mass is 9.68. The summed E-state index contributed by atoms with van der Waals surface area (Å²) in [5.41, 5.74) is -4.94. The molecule has 2 aliphatic carbocycles.